The first-order valence-electron chi connectivity index (χ1n) is 5.08. The van der Waals surface area contributed by atoms with Crippen molar-refractivity contribution >= 4 is 11.6 Å². The van der Waals surface area contributed by atoms with Gasteiger partial charge in [0.25, 0.3) is 0 Å². The molecule has 0 aliphatic carbocycles. The third kappa shape index (κ3) is 2.30. The number of aryl methyl sites for hydroxylation is 1. The van der Waals surface area contributed by atoms with Crippen molar-refractivity contribution in [3.63, 3.8) is 0 Å². The minimum atomic E-state index is -0.247. The number of rotatable bonds is 1. The van der Waals surface area contributed by atoms with E-state index in [-0.39, 0.29) is 5.82 Å². The second kappa shape index (κ2) is 4.57. The number of nitriles is 1. The van der Waals surface area contributed by atoms with Gasteiger partial charge < -0.3 is 0 Å². The van der Waals surface area contributed by atoms with Crippen LogP contribution >= 0.6 is 11.6 Å². The Morgan fingerprint density at radius 3 is 2.35 bits per heavy atom. The third-order valence-corrected chi connectivity index (χ3v) is 2.91. The van der Waals surface area contributed by atoms with E-state index in [1.54, 1.807) is 31.2 Å². The lowest BCUT2D eigenvalue weighted by Gasteiger charge is -2.05. The highest BCUT2D eigenvalue weighted by Gasteiger charge is 2.05. The maximum Gasteiger partial charge on any atom is 0.126 e. The maximum absolute atomic E-state index is 13.4. The van der Waals surface area contributed by atoms with Crippen LogP contribution in [0, 0.1) is 24.1 Å². The first kappa shape index (κ1) is 11.6. The molecule has 0 amide bonds. The molecular formula is C14H9ClFN. The van der Waals surface area contributed by atoms with Crippen LogP contribution in [-0.4, -0.2) is 0 Å². The van der Waals surface area contributed by atoms with Gasteiger partial charge in [0, 0.05) is 0 Å². The van der Waals surface area contributed by atoms with E-state index in [2.05, 4.69) is 0 Å². The topological polar surface area (TPSA) is 23.8 Å². The van der Waals surface area contributed by atoms with Crippen molar-refractivity contribution in [3.8, 4) is 17.2 Å². The standard InChI is InChI=1S/C14H9ClFN/c1-9-2-3-11(7-14(9)16)10-4-5-12(8-17)13(15)6-10/h2-7H,1H3. The summed E-state index contributed by atoms with van der Waals surface area (Å²) in [5, 5.41) is 9.15. The zero-order valence-electron chi connectivity index (χ0n) is 9.17. The molecule has 0 saturated carbocycles. The van der Waals surface area contributed by atoms with E-state index < -0.39 is 0 Å². The predicted octanol–water partition coefficient (Wildman–Crippen LogP) is 4.33. The molecule has 0 bridgehead atoms. The molecule has 2 aromatic carbocycles. The molecule has 0 aromatic heterocycles. The molecular weight excluding hydrogens is 237 g/mol. The summed E-state index contributed by atoms with van der Waals surface area (Å²) < 4.78 is 13.4. The van der Waals surface area contributed by atoms with Crippen molar-refractivity contribution in [2.24, 2.45) is 0 Å². The van der Waals surface area contributed by atoms with Gasteiger partial charge in [0.15, 0.2) is 0 Å². The highest BCUT2D eigenvalue weighted by molar-refractivity contribution is 6.32. The van der Waals surface area contributed by atoms with Crippen LogP contribution in [0.15, 0.2) is 36.4 Å². The zero-order valence-corrected chi connectivity index (χ0v) is 9.92. The summed E-state index contributed by atoms with van der Waals surface area (Å²) in [6.45, 7) is 1.71. The number of hydrogen-bond acceptors (Lipinski definition) is 1. The van der Waals surface area contributed by atoms with Crippen molar-refractivity contribution in [3.05, 3.63) is 58.4 Å². The molecule has 0 heterocycles. The zero-order chi connectivity index (χ0) is 12.4. The van der Waals surface area contributed by atoms with Crippen LogP contribution in [0.3, 0.4) is 0 Å². The fourth-order valence-corrected chi connectivity index (χ4v) is 1.78. The molecule has 0 spiro atoms. The lowest BCUT2D eigenvalue weighted by Crippen LogP contribution is -1.85. The highest BCUT2D eigenvalue weighted by atomic mass is 35.5. The van der Waals surface area contributed by atoms with Gasteiger partial charge in [-0.2, -0.15) is 5.26 Å². The van der Waals surface area contributed by atoms with Gasteiger partial charge in [-0.25, -0.2) is 4.39 Å². The van der Waals surface area contributed by atoms with Gasteiger partial charge >= 0.3 is 0 Å². The average Bonchev–Trinajstić information content (AvgIpc) is 2.32. The van der Waals surface area contributed by atoms with Gasteiger partial charge in [-0.15, -0.1) is 0 Å². The Morgan fingerprint density at radius 1 is 1.12 bits per heavy atom. The van der Waals surface area contributed by atoms with Crippen LogP contribution in [0.1, 0.15) is 11.1 Å². The third-order valence-electron chi connectivity index (χ3n) is 2.59. The molecule has 0 atom stereocenters. The summed E-state index contributed by atoms with van der Waals surface area (Å²) in [4.78, 5) is 0. The minimum Gasteiger partial charge on any atom is -0.207 e. The van der Waals surface area contributed by atoms with Crippen molar-refractivity contribution < 1.29 is 4.39 Å². The Kier molecular flexibility index (Phi) is 3.12. The second-order valence-electron chi connectivity index (χ2n) is 3.77. The van der Waals surface area contributed by atoms with E-state index in [1.165, 1.54) is 6.07 Å². The number of hydrogen-bond donors (Lipinski definition) is 0. The molecule has 0 aliphatic heterocycles. The van der Waals surface area contributed by atoms with Crippen molar-refractivity contribution in [2.45, 2.75) is 6.92 Å². The van der Waals surface area contributed by atoms with Gasteiger partial charge in [-0.1, -0.05) is 29.8 Å². The summed E-state index contributed by atoms with van der Waals surface area (Å²) >= 11 is 5.93. The first-order valence-corrected chi connectivity index (χ1v) is 5.46. The van der Waals surface area contributed by atoms with Crippen LogP contribution in [0.25, 0.3) is 11.1 Å². The van der Waals surface area contributed by atoms with Crippen LogP contribution < -0.4 is 0 Å². The van der Waals surface area contributed by atoms with Gasteiger partial charge in [-0.3, -0.25) is 0 Å². The molecule has 1 nitrogen and oxygen atoms in total. The van der Waals surface area contributed by atoms with Gasteiger partial charge in [0.2, 0.25) is 0 Å². The maximum atomic E-state index is 13.4. The Balaban J connectivity index is 2.50. The lowest BCUT2D eigenvalue weighted by molar-refractivity contribution is 0.619. The van der Waals surface area contributed by atoms with Gasteiger partial charge in [0.05, 0.1) is 10.6 Å². The quantitative estimate of drug-likeness (QED) is 0.734. The highest BCUT2D eigenvalue weighted by Crippen LogP contribution is 2.26. The minimum absolute atomic E-state index is 0.247. The normalized spacial score (nSPS) is 10.0. The van der Waals surface area contributed by atoms with Gasteiger partial charge in [-0.05, 0) is 41.8 Å². The Morgan fingerprint density at radius 2 is 1.76 bits per heavy atom. The summed E-state index contributed by atoms with van der Waals surface area (Å²) in [6.07, 6.45) is 0. The van der Waals surface area contributed by atoms with Crippen LogP contribution in [-0.2, 0) is 0 Å². The number of nitrogens with zero attached hydrogens (tertiary/aromatic N) is 1. The van der Waals surface area contributed by atoms with Crippen LogP contribution in [0.4, 0.5) is 4.39 Å². The second-order valence-corrected chi connectivity index (χ2v) is 4.18. The molecule has 84 valence electrons. The molecule has 0 aliphatic rings. The summed E-state index contributed by atoms with van der Waals surface area (Å²) in [6, 6.07) is 12.1. The smallest absolute Gasteiger partial charge is 0.126 e. The van der Waals surface area contributed by atoms with E-state index in [0.717, 1.165) is 11.1 Å². The molecule has 17 heavy (non-hydrogen) atoms. The van der Waals surface area contributed by atoms with E-state index in [4.69, 9.17) is 16.9 Å². The fraction of sp³-hybridized carbons (Fsp3) is 0.0714. The Bertz CT molecular complexity index is 614. The summed E-state index contributed by atoms with van der Waals surface area (Å²) in [5.74, 6) is -0.247. The van der Waals surface area contributed by atoms with Crippen molar-refractivity contribution in [2.75, 3.05) is 0 Å². The summed E-state index contributed by atoms with van der Waals surface area (Å²) in [5.41, 5.74) is 2.57. The fourth-order valence-electron chi connectivity index (χ4n) is 1.56. The summed E-state index contributed by atoms with van der Waals surface area (Å²) in [7, 11) is 0. The van der Waals surface area contributed by atoms with E-state index in [9.17, 15) is 4.39 Å². The van der Waals surface area contributed by atoms with E-state index in [1.807, 2.05) is 12.1 Å². The molecule has 0 radical (unpaired) electrons. The molecule has 0 unspecified atom stereocenters. The van der Waals surface area contributed by atoms with E-state index in [0.29, 0.717) is 16.1 Å². The monoisotopic (exact) mass is 245 g/mol. The molecule has 0 N–H and O–H groups in total. The number of halogens is 2. The SMILES string of the molecule is Cc1ccc(-c2ccc(C#N)c(Cl)c2)cc1F. The first-order chi connectivity index (χ1) is 8.11. The van der Waals surface area contributed by atoms with Crippen molar-refractivity contribution in [1.29, 1.82) is 5.26 Å². The predicted molar refractivity (Wildman–Crippen MR) is 66.3 cm³/mol. The average molecular weight is 246 g/mol. The number of benzene rings is 2. The molecule has 0 saturated heterocycles. The molecule has 2 aromatic rings. The lowest BCUT2D eigenvalue weighted by atomic mass is 10.0. The molecule has 0 fully saturated rings. The Labute approximate surface area is 104 Å². The van der Waals surface area contributed by atoms with Crippen molar-refractivity contribution in [1.82, 2.24) is 0 Å². The largest absolute Gasteiger partial charge is 0.207 e. The van der Waals surface area contributed by atoms with Gasteiger partial charge in [0.1, 0.15) is 11.9 Å². The van der Waals surface area contributed by atoms with Crippen LogP contribution in [0.5, 0.6) is 0 Å². The Hall–Kier alpha value is -1.85. The van der Waals surface area contributed by atoms with E-state index >= 15 is 0 Å². The van der Waals surface area contributed by atoms with Crippen LogP contribution in [0.2, 0.25) is 5.02 Å². The molecule has 3 heteroatoms. The molecule has 2 rings (SSSR count).